The normalized spacial score (nSPS) is 11.1. The van der Waals surface area contributed by atoms with Gasteiger partial charge < -0.3 is 13.7 Å². The van der Waals surface area contributed by atoms with Crippen molar-refractivity contribution in [2.75, 3.05) is 13.7 Å². The summed E-state index contributed by atoms with van der Waals surface area (Å²) in [7, 11) is -3.20. The quantitative estimate of drug-likeness (QED) is 0.343. The molecule has 0 aliphatic rings. The topological polar surface area (TPSA) is 114 Å². The van der Waals surface area contributed by atoms with Gasteiger partial charge in [-0.05, 0) is 43.7 Å². The SMILES string of the molecule is CCOC(=O)c1nn(-c2ccccc2C)c(=O)cc1OS(=O)(=O)c1cc(Br)ccc1OC. The number of benzene rings is 2. The van der Waals surface area contributed by atoms with Crippen LogP contribution >= 0.6 is 15.9 Å². The highest BCUT2D eigenvalue weighted by molar-refractivity contribution is 9.10. The highest BCUT2D eigenvalue weighted by Crippen LogP contribution is 2.30. The third-order valence-corrected chi connectivity index (χ3v) is 6.05. The van der Waals surface area contributed by atoms with Crippen molar-refractivity contribution in [3.63, 3.8) is 0 Å². The van der Waals surface area contributed by atoms with Crippen LogP contribution in [-0.2, 0) is 14.9 Å². The van der Waals surface area contributed by atoms with Crippen LogP contribution in [0.25, 0.3) is 5.69 Å². The summed E-state index contributed by atoms with van der Waals surface area (Å²) in [5, 5.41) is 4.06. The molecule has 0 amide bonds. The first-order chi connectivity index (χ1) is 15.2. The van der Waals surface area contributed by atoms with E-state index >= 15 is 0 Å². The molecule has 9 nitrogen and oxygen atoms in total. The fraction of sp³-hybridized carbons (Fsp3) is 0.190. The van der Waals surface area contributed by atoms with Gasteiger partial charge in [-0.1, -0.05) is 34.1 Å². The van der Waals surface area contributed by atoms with Gasteiger partial charge in [0.25, 0.3) is 5.56 Å². The summed E-state index contributed by atoms with van der Waals surface area (Å²) in [6, 6.07) is 12.1. The fourth-order valence-electron chi connectivity index (χ4n) is 2.83. The second-order valence-electron chi connectivity index (χ2n) is 6.45. The second kappa shape index (κ2) is 9.53. The fourth-order valence-corrected chi connectivity index (χ4v) is 4.46. The van der Waals surface area contributed by atoms with Crippen molar-refractivity contribution in [3.05, 3.63) is 74.6 Å². The van der Waals surface area contributed by atoms with Crippen molar-refractivity contribution in [2.24, 2.45) is 0 Å². The predicted molar refractivity (Wildman–Crippen MR) is 119 cm³/mol. The average Bonchev–Trinajstić information content (AvgIpc) is 2.74. The number of aromatic nitrogens is 2. The van der Waals surface area contributed by atoms with Crippen LogP contribution in [0.3, 0.4) is 0 Å². The highest BCUT2D eigenvalue weighted by atomic mass is 79.9. The van der Waals surface area contributed by atoms with Crippen LogP contribution in [-0.4, -0.2) is 37.9 Å². The van der Waals surface area contributed by atoms with Gasteiger partial charge >= 0.3 is 16.1 Å². The number of rotatable bonds is 7. The number of hydrogen-bond acceptors (Lipinski definition) is 8. The number of carbonyl (C=O) groups is 1. The maximum Gasteiger partial charge on any atom is 0.362 e. The number of halogens is 1. The van der Waals surface area contributed by atoms with E-state index in [0.717, 1.165) is 16.3 Å². The Bertz CT molecular complexity index is 1340. The van der Waals surface area contributed by atoms with Crippen molar-refractivity contribution in [3.8, 4) is 17.2 Å². The Balaban J connectivity index is 2.17. The smallest absolute Gasteiger partial charge is 0.362 e. The van der Waals surface area contributed by atoms with Crippen LogP contribution in [0.2, 0.25) is 0 Å². The first-order valence-electron chi connectivity index (χ1n) is 9.33. The molecule has 0 radical (unpaired) electrons. The summed E-state index contributed by atoms with van der Waals surface area (Å²) in [5.74, 6) is -1.48. The Labute approximate surface area is 192 Å². The molecular formula is C21H19BrN2O7S. The molecule has 11 heteroatoms. The zero-order valence-electron chi connectivity index (χ0n) is 17.4. The van der Waals surface area contributed by atoms with Crippen molar-refractivity contribution < 1.29 is 26.9 Å². The molecule has 0 bridgehead atoms. The minimum atomic E-state index is -4.50. The molecule has 0 N–H and O–H groups in total. The van der Waals surface area contributed by atoms with Crippen molar-refractivity contribution in [1.29, 1.82) is 0 Å². The minimum absolute atomic E-state index is 0.00957. The van der Waals surface area contributed by atoms with Gasteiger partial charge in [-0.25, -0.2) is 4.79 Å². The van der Waals surface area contributed by atoms with Gasteiger partial charge in [0.1, 0.15) is 10.6 Å². The number of ether oxygens (including phenoxy) is 2. The summed E-state index contributed by atoms with van der Waals surface area (Å²) in [6.45, 7) is 3.36. The molecule has 0 saturated heterocycles. The number of nitrogens with zero attached hydrogens (tertiary/aromatic N) is 2. The molecule has 0 spiro atoms. The molecule has 2 aromatic carbocycles. The second-order valence-corrected chi connectivity index (χ2v) is 8.88. The molecule has 3 aromatic rings. The van der Waals surface area contributed by atoms with Crippen molar-refractivity contribution in [1.82, 2.24) is 9.78 Å². The molecule has 1 heterocycles. The van der Waals surface area contributed by atoms with E-state index in [1.165, 1.54) is 19.2 Å². The van der Waals surface area contributed by atoms with E-state index < -0.39 is 33.1 Å². The maximum atomic E-state index is 13.0. The number of esters is 1. The molecule has 0 fully saturated rings. The van der Waals surface area contributed by atoms with Gasteiger partial charge in [0.05, 0.1) is 25.5 Å². The van der Waals surface area contributed by atoms with E-state index in [9.17, 15) is 18.0 Å². The summed E-state index contributed by atoms with van der Waals surface area (Å²) in [4.78, 5) is 25.0. The van der Waals surface area contributed by atoms with Gasteiger partial charge in [0.15, 0.2) is 5.75 Å². The van der Waals surface area contributed by atoms with Crippen LogP contribution in [0.1, 0.15) is 23.0 Å². The molecule has 0 atom stereocenters. The summed E-state index contributed by atoms with van der Waals surface area (Å²) in [6.07, 6.45) is 0. The van der Waals surface area contributed by atoms with Gasteiger partial charge in [-0.2, -0.15) is 18.2 Å². The number of hydrogen-bond donors (Lipinski definition) is 0. The lowest BCUT2D eigenvalue weighted by atomic mass is 10.2. The Hall–Kier alpha value is -3.18. The van der Waals surface area contributed by atoms with E-state index in [1.807, 2.05) is 0 Å². The molecular weight excluding hydrogens is 504 g/mol. The first kappa shape index (κ1) is 23.5. The first-order valence-corrected chi connectivity index (χ1v) is 11.5. The number of carbonyl (C=O) groups excluding carboxylic acids is 1. The summed E-state index contributed by atoms with van der Waals surface area (Å²) in [5.41, 5.74) is -0.0193. The lowest BCUT2D eigenvalue weighted by Crippen LogP contribution is -2.26. The van der Waals surface area contributed by atoms with Crippen molar-refractivity contribution in [2.45, 2.75) is 18.7 Å². The standard InChI is InChI=1S/C21H19BrN2O7S/c1-4-30-21(26)20-17(12-19(25)24(23-20)15-8-6-5-7-13(15)2)31-32(27,28)18-11-14(22)9-10-16(18)29-3/h5-12H,4H2,1-3H3. The van der Waals surface area contributed by atoms with Crippen LogP contribution in [0, 0.1) is 6.92 Å². The highest BCUT2D eigenvalue weighted by Gasteiger charge is 2.28. The minimum Gasteiger partial charge on any atom is -0.495 e. The lowest BCUT2D eigenvalue weighted by Gasteiger charge is -2.14. The third kappa shape index (κ3) is 4.83. The number of aryl methyl sites for hydroxylation is 1. The maximum absolute atomic E-state index is 13.0. The Morgan fingerprint density at radius 2 is 1.84 bits per heavy atom. The van der Waals surface area contributed by atoms with E-state index in [1.54, 1.807) is 44.2 Å². The average molecular weight is 523 g/mol. The zero-order valence-corrected chi connectivity index (χ0v) is 19.8. The van der Waals surface area contributed by atoms with E-state index in [4.69, 9.17) is 13.7 Å². The zero-order chi connectivity index (χ0) is 23.5. The lowest BCUT2D eigenvalue weighted by molar-refractivity contribution is 0.0515. The van der Waals surface area contributed by atoms with Gasteiger partial charge in [0, 0.05) is 4.47 Å². The van der Waals surface area contributed by atoms with E-state index in [0.29, 0.717) is 10.2 Å². The number of para-hydroxylation sites is 1. The molecule has 1 aromatic heterocycles. The molecule has 0 aliphatic carbocycles. The van der Waals surface area contributed by atoms with Crippen LogP contribution in [0.4, 0.5) is 0 Å². The summed E-state index contributed by atoms with van der Waals surface area (Å²) >= 11 is 3.20. The Morgan fingerprint density at radius 3 is 2.50 bits per heavy atom. The van der Waals surface area contributed by atoms with E-state index in [-0.39, 0.29) is 17.3 Å². The predicted octanol–water partition coefficient (Wildman–Crippen LogP) is 3.26. The molecule has 32 heavy (non-hydrogen) atoms. The van der Waals surface area contributed by atoms with Crippen molar-refractivity contribution >= 4 is 32.0 Å². The van der Waals surface area contributed by atoms with Gasteiger partial charge in [-0.3, -0.25) is 4.79 Å². The van der Waals surface area contributed by atoms with Crippen LogP contribution in [0.5, 0.6) is 11.5 Å². The van der Waals surface area contributed by atoms with Gasteiger partial charge in [-0.15, -0.1) is 0 Å². The Kier molecular flexibility index (Phi) is 6.99. The third-order valence-electron chi connectivity index (χ3n) is 4.30. The van der Waals surface area contributed by atoms with Gasteiger partial charge in [0.2, 0.25) is 5.69 Å². The summed E-state index contributed by atoms with van der Waals surface area (Å²) < 4.78 is 42.7. The van der Waals surface area contributed by atoms with E-state index in [2.05, 4.69) is 21.0 Å². The molecule has 3 rings (SSSR count). The largest absolute Gasteiger partial charge is 0.495 e. The van der Waals surface area contributed by atoms with Crippen LogP contribution < -0.4 is 14.5 Å². The molecule has 0 saturated carbocycles. The number of methoxy groups -OCH3 is 1. The molecule has 168 valence electrons. The Morgan fingerprint density at radius 1 is 1.12 bits per heavy atom. The molecule has 0 unspecified atom stereocenters. The monoisotopic (exact) mass is 522 g/mol. The molecule has 0 aliphatic heterocycles. The van der Waals surface area contributed by atoms with Crippen LogP contribution in [0.15, 0.2) is 62.7 Å².